The van der Waals surface area contributed by atoms with E-state index in [1.54, 1.807) is 13.8 Å². The molecule has 0 spiro atoms. The van der Waals surface area contributed by atoms with Gasteiger partial charge in [-0.25, -0.2) is 0 Å². The molecule has 0 saturated heterocycles. The van der Waals surface area contributed by atoms with Gasteiger partial charge in [-0.2, -0.15) is 0 Å². The summed E-state index contributed by atoms with van der Waals surface area (Å²) in [5.41, 5.74) is 0. The first-order chi connectivity index (χ1) is 5.62. The van der Waals surface area contributed by atoms with Crippen molar-refractivity contribution in [2.45, 2.75) is 26.1 Å². The van der Waals surface area contributed by atoms with Crippen molar-refractivity contribution in [2.24, 2.45) is 0 Å². The maximum absolute atomic E-state index is 9.74. The average molecular weight is 218 g/mol. The van der Waals surface area contributed by atoms with Crippen molar-refractivity contribution >= 4 is 37.7 Å². The summed E-state index contributed by atoms with van der Waals surface area (Å²) in [4.78, 5) is 0. The number of hydrogen-bond acceptors (Lipinski definition) is 4. The molecular weight excluding hydrogens is 200 g/mol. The van der Waals surface area contributed by atoms with Gasteiger partial charge in [0.05, 0.1) is 0 Å². The first kappa shape index (κ1) is 19.6. The molecule has 0 rings (SSSR count). The van der Waals surface area contributed by atoms with Crippen LogP contribution in [-0.4, -0.2) is 77.4 Å². The van der Waals surface area contributed by atoms with Crippen LogP contribution in [0.25, 0.3) is 0 Å². The topological polar surface area (TPSA) is 64.6 Å². The third kappa shape index (κ3) is 19.5. The SMILES string of the molecule is COC(C)C[O-].COC(C)C[O-].[Ca+2]. The first-order valence-corrected chi connectivity index (χ1v) is 3.84. The van der Waals surface area contributed by atoms with E-state index in [0.29, 0.717) is 0 Å². The summed E-state index contributed by atoms with van der Waals surface area (Å²) < 4.78 is 9.17. The van der Waals surface area contributed by atoms with Gasteiger partial charge < -0.3 is 19.7 Å². The molecule has 13 heavy (non-hydrogen) atoms. The molecular formula is C8H18CaO4. The molecule has 4 nitrogen and oxygen atoms in total. The van der Waals surface area contributed by atoms with Gasteiger partial charge in [-0.3, -0.25) is 0 Å². The normalized spacial score (nSPS) is 13.4. The van der Waals surface area contributed by atoms with Crippen LogP contribution in [0.4, 0.5) is 0 Å². The molecule has 0 bridgehead atoms. The second kappa shape index (κ2) is 15.6. The predicted octanol–water partition coefficient (Wildman–Crippen LogP) is -1.62. The Labute approximate surface area is 110 Å². The van der Waals surface area contributed by atoms with Crippen molar-refractivity contribution < 1.29 is 19.7 Å². The predicted molar refractivity (Wildman–Crippen MR) is 48.4 cm³/mol. The minimum Gasteiger partial charge on any atom is -0.853 e. The van der Waals surface area contributed by atoms with Crippen LogP contribution < -0.4 is 10.2 Å². The van der Waals surface area contributed by atoms with Gasteiger partial charge in [0, 0.05) is 26.4 Å². The zero-order valence-electron chi connectivity index (χ0n) is 8.91. The standard InChI is InChI=1S/2C4H9O2.Ca/c2*1-4(3-5)6-2;/h2*4H,3H2,1-2H3;/q2*-1;+2. The van der Waals surface area contributed by atoms with E-state index >= 15 is 0 Å². The van der Waals surface area contributed by atoms with E-state index in [1.807, 2.05) is 0 Å². The van der Waals surface area contributed by atoms with Crippen LogP contribution in [0.3, 0.4) is 0 Å². The summed E-state index contributed by atoms with van der Waals surface area (Å²) in [6.45, 7) is 3.20. The van der Waals surface area contributed by atoms with Crippen molar-refractivity contribution in [3.8, 4) is 0 Å². The van der Waals surface area contributed by atoms with Crippen molar-refractivity contribution in [3.05, 3.63) is 0 Å². The first-order valence-electron chi connectivity index (χ1n) is 3.84. The molecule has 0 aromatic rings. The molecule has 0 saturated carbocycles. The summed E-state index contributed by atoms with van der Waals surface area (Å²) in [7, 11) is 3.06. The van der Waals surface area contributed by atoms with Gasteiger partial charge in [0.2, 0.25) is 0 Å². The Morgan fingerprint density at radius 1 is 0.923 bits per heavy atom. The summed E-state index contributed by atoms with van der Waals surface area (Å²) in [6, 6.07) is 0. The monoisotopic (exact) mass is 218 g/mol. The van der Waals surface area contributed by atoms with Gasteiger partial charge in [0.1, 0.15) is 0 Å². The molecule has 2 unspecified atom stereocenters. The Kier molecular flexibility index (Phi) is 23.5. The second-order valence-corrected chi connectivity index (χ2v) is 2.43. The maximum Gasteiger partial charge on any atom is 2.00 e. The molecule has 0 fully saturated rings. The Balaban J connectivity index is -0.000000143. The van der Waals surface area contributed by atoms with E-state index in [0.717, 1.165) is 0 Å². The fraction of sp³-hybridized carbons (Fsp3) is 1.00. The van der Waals surface area contributed by atoms with E-state index in [9.17, 15) is 10.2 Å². The number of methoxy groups -OCH3 is 2. The number of hydrogen-bond donors (Lipinski definition) is 0. The smallest absolute Gasteiger partial charge is 0.853 e. The van der Waals surface area contributed by atoms with E-state index in [2.05, 4.69) is 9.47 Å². The van der Waals surface area contributed by atoms with Gasteiger partial charge in [0.25, 0.3) is 0 Å². The van der Waals surface area contributed by atoms with E-state index in [1.165, 1.54) is 14.2 Å². The Morgan fingerprint density at radius 3 is 1.15 bits per heavy atom. The molecule has 5 heteroatoms. The van der Waals surface area contributed by atoms with Crippen molar-refractivity contribution in [1.82, 2.24) is 0 Å². The molecule has 0 amide bonds. The molecule has 0 aromatic carbocycles. The van der Waals surface area contributed by atoms with Crippen LogP contribution in [-0.2, 0) is 9.47 Å². The maximum atomic E-state index is 9.74. The molecule has 0 radical (unpaired) electrons. The molecule has 2 atom stereocenters. The fourth-order valence-electron chi connectivity index (χ4n) is 0.136. The summed E-state index contributed by atoms with van der Waals surface area (Å²) in [6.07, 6.45) is -0.241. The van der Waals surface area contributed by atoms with Gasteiger partial charge in [-0.15, -0.1) is 13.2 Å². The molecule has 0 aliphatic carbocycles. The largest absolute Gasteiger partial charge is 2.00 e. The third-order valence-corrected chi connectivity index (χ3v) is 1.27. The van der Waals surface area contributed by atoms with Gasteiger partial charge in [-0.1, -0.05) is 0 Å². The fourth-order valence-corrected chi connectivity index (χ4v) is 0.136. The van der Waals surface area contributed by atoms with Gasteiger partial charge in [-0.05, 0) is 13.8 Å². The number of rotatable bonds is 4. The van der Waals surface area contributed by atoms with Gasteiger partial charge >= 0.3 is 37.7 Å². The quantitative estimate of drug-likeness (QED) is 0.532. The van der Waals surface area contributed by atoms with E-state index < -0.39 is 0 Å². The van der Waals surface area contributed by atoms with E-state index in [4.69, 9.17) is 0 Å². The Hall–Kier alpha value is 1.10. The van der Waals surface area contributed by atoms with E-state index in [-0.39, 0.29) is 63.2 Å². The summed E-state index contributed by atoms with van der Waals surface area (Å²) in [5, 5.41) is 19.5. The molecule has 76 valence electrons. The molecule has 0 N–H and O–H groups in total. The van der Waals surface area contributed by atoms with Crippen LogP contribution in [0.5, 0.6) is 0 Å². The van der Waals surface area contributed by atoms with Crippen molar-refractivity contribution in [1.29, 1.82) is 0 Å². The molecule has 0 aliphatic heterocycles. The van der Waals surface area contributed by atoms with Gasteiger partial charge in [0.15, 0.2) is 0 Å². The minimum absolute atomic E-state index is 0. The summed E-state index contributed by atoms with van der Waals surface area (Å²) in [5.74, 6) is 0. The zero-order valence-corrected chi connectivity index (χ0v) is 11.1. The minimum atomic E-state index is -0.142. The summed E-state index contributed by atoms with van der Waals surface area (Å²) >= 11 is 0. The van der Waals surface area contributed by atoms with Crippen molar-refractivity contribution in [2.75, 3.05) is 27.4 Å². The van der Waals surface area contributed by atoms with Crippen molar-refractivity contribution in [3.63, 3.8) is 0 Å². The second-order valence-electron chi connectivity index (χ2n) is 2.43. The molecule has 0 heterocycles. The van der Waals surface area contributed by atoms with Crippen LogP contribution in [0.2, 0.25) is 0 Å². The average Bonchev–Trinajstić information content (AvgIpc) is 2.16. The Morgan fingerprint density at radius 2 is 1.15 bits per heavy atom. The molecule has 0 aromatic heterocycles. The van der Waals surface area contributed by atoms with Crippen LogP contribution in [0, 0.1) is 0 Å². The Bertz CT molecular complexity index is 64.5. The van der Waals surface area contributed by atoms with Crippen LogP contribution in [0.15, 0.2) is 0 Å². The number of ether oxygens (including phenoxy) is 2. The van der Waals surface area contributed by atoms with Crippen LogP contribution >= 0.6 is 0 Å². The molecule has 0 aliphatic rings. The van der Waals surface area contributed by atoms with Crippen LogP contribution in [0.1, 0.15) is 13.8 Å². The third-order valence-electron chi connectivity index (χ3n) is 1.27. The zero-order chi connectivity index (χ0) is 9.98.